The fourth-order valence-corrected chi connectivity index (χ4v) is 1.75. The highest BCUT2D eigenvalue weighted by Crippen LogP contribution is 2.14. The minimum Gasteiger partial charge on any atom is -0.371 e. The van der Waals surface area contributed by atoms with Gasteiger partial charge in [0.15, 0.2) is 11.6 Å². The van der Waals surface area contributed by atoms with Crippen molar-refractivity contribution in [3.8, 4) is 0 Å². The average Bonchev–Trinajstić information content (AvgIpc) is 2.38. The molecule has 1 heterocycles. The van der Waals surface area contributed by atoms with Crippen molar-refractivity contribution in [3.05, 3.63) is 23.6 Å². The number of amides is 1. The lowest BCUT2D eigenvalue weighted by Crippen LogP contribution is -2.27. The summed E-state index contributed by atoms with van der Waals surface area (Å²) in [6.07, 6.45) is 4.29. The fraction of sp³-hybridized carbons (Fsp3) is 0.500. The second-order valence-corrected chi connectivity index (χ2v) is 5.14. The lowest BCUT2D eigenvalue weighted by molar-refractivity contribution is 0.0949. The monoisotopic (exact) mass is 271 g/mol. The molecule has 6 heteroatoms. The van der Waals surface area contributed by atoms with Crippen LogP contribution in [0.2, 0.25) is 0 Å². The minimum atomic E-state index is -0.615. The Balaban J connectivity index is 2.62. The number of rotatable bonds is 6. The molecule has 0 aliphatic heterocycles. The fourth-order valence-electron chi connectivity index (χ4n) is 1.40. The number of anilines is 1. The standard InChI is InChI=1S/C12H18FN3OS/c1-8(18-3)4-6-16-12(17)9-5-7-15-11(14-2)10(9)13/h5,7-8H,4,6H2,1-3H3,(H,14,15)(H,16,17). The Labute approximate surface area is 111 Å². The van der Waals surface area contributed by atoms with E-state index >= 15 is 0 Å². The van der Waals surface area contributed by atoms with E-state index < -0.39 is 11.7 Å². The van der Waals surface area contributed by atoms with E-state index in [1.54, 1.807) is 18.8 Å². The van der Waals surface area contributed by atoms with Crippen molar-refractivity contribution in [2.24, 2.45) is 0 Å². The quantitative estimate of drug-likeness (QED) is 0.832. The average molecular weight is 271 g/mol. The summed E-state index contributed by atoms with van der Waals surface area (Å²) >= 11 is 1.74. The third-order valence-electron chi connectivity index (χ3n) is 2.61. The minimum absolute atomic E-state index is 0.0196. The molecule has 18 heavy (non-hydrogen) atoms. The van der Waals surface area contributed by atoms with Gasteiger partial charge in [0.1, 0.15) is 0 Å². The van der Waals surface area contributed by atoms with Crippen LogP contribution in [0.1, 0.15) is 23.7 Å². The zero-order valence-corrected chi connectivity index (χ0v) is 11.6. The molecule has 0 saturated heterocycles. The third kappa shape index (κ3) is 3.87. The van der Waals surface area contributed by atoms with Gasteiger partial charge in [-0.3, -0.25) is 4.79 Å². The van der Waals surface area contributed by atoms with Crippen molar-refractivity contribution in [1.82, 2.24) is 10.3 Å². The molecular formula is C12H18FN3OS. The number of nitrogens with zero attached hydrogens (tertiary/aromatic N) is 1. The van der Waals surface area contributed by atoms with Crippen molar-refractivity contribution in [3.63, 3.8) is 0 Å². The molecule has 1 rings (SSSR count). The van der Waals surface area contributed by atoms with Crippen LogP contribution < -0.4 is 10.6 Å². The van der Waals surface area contributed by atoms with Crippen molar-refractivity contribution in [2.75, 3.05) is 25.2 Å². The maximum absolute atomic E-state index is 13.8. The normalized spacial score (nSPS) is 12.0. The van der Waals surface area contributed by atoms with Crippen LogP contribution in [0.25, 0.3) is 0 Å². The number of carbonyl (C=O) groups excluding carboxylic acids is 1. The number of pyridine rings is 1. The Bertz CT molecular complexity index is 414. The first-order valence-electron chi connectivity index (χ1n) is 5.73. The molecule has 0 saturated carbocycles. The van der Waals surface area contributed by atoms with E-state index in [0.717, 1.165) is 6.42 Å². The van der Waals surface area contributed by atoms with E-state index in [1.165, 1.54) is 12.3 Å². The molecule has 1 amide bonds. The Hall–Kier alpha value is -1.30. The maximum Gasteiger partial charge on any atom is 0.254 e. The van der Waals surface area contributed by atoms with Crippen molar-refractivity contribution in [2.45, 2.75) is 18.6 Å². The van der Waals surface area contributed by atoms with E-state index in [4.69, 9.17) is 0 Å². The van der Waals surface area contributed by atoms with E-state index in [-0.39, 0.29) is 11.4 Å². The number of aromatic nitrogens is 1. The van der Waals surface area contributed by atoms with Gasteiger partial charge in [-0.15, -0.1) is 0 Å². The first-order valence-corrected chi connectivity index (χ1v) is 7.02. The molecule has 1 aromatic rings. The molecule has 1 unspecified atom stereocenters. The van der Waals surface area contributed by atoms with E-state index in [1.807, 2.05) is 6.26 Å². The first-order chi connectivity index (χ1) is 8.60. The number of carbonyl (C=O) groups is 1. The van der Waals surface area contributed by atoms with E-state index in [0.29, 0.717) is 11.8 Å². The summed E-state index contributed by atoms with van der Waals surface area (Å²) in [4.78, 5) is 15.6. The Kier molecular flexibility index (Phi) is 5.91. The predicted octanol–water partition coefficient (Wildman–Crippen LogP) is 2.13. The van der Waals surface area contributed by atoms with Crippen LogP contribution in [0.3, 0.4) is 0 Å². The Morgan fingerprint density at radius 3 is 2.94 bits per heavy atom. The molecule has 0 aliphatic rings. The van der Waals surface area contributed by atoms with Gasteiger partial charge in [-0.25, -0.2) is 9.37 Å². The smallest absolute Gasteiger partial charge is 0.254 e. The number of thioether (sulfide) groups is 1. The van der Waals surface area contributed by atoms with Gasteiger partial charge in [0.2, 0.25) is 0 Å². The number of hydrogen-bond donors (Lipinski definition) is 2. The molecule has 1 aromatic heterocycles. The SMILES string of the molecule is CNc1nccc(C(=O)NCCC(C)SC)c1F. The molecule has 0 aliphatic carbocycles. The zero-order chi connectivity index (χ0) is 13.5. The summed E-state index contributed by atoms with van der Waals surface area (Å²) < 4.78 is 13.8. The van der Waals surface area contributed by atoms with Crippen molar-refractivity contribution < 1.29 is 9.18 Å². The molecule has 4 nitrogen and oxygen atoms in total. The molecule has 2 N–H and O–H groups in total. The molecule has 0 radical (unpaired) electrons. The van der Waals surface area contributed by atoms with Crippen LogP contribution in [-0.2, 0) is 0 Å². The van der Waals surface area contributed by atoms with Gasteiger partial charge in [0.05, 0.1) is 5.56 Å². The summed E-state index contributed by atoms with van der Waals surface area (Å²) in [7, 11) is 1.56. The molecular weight excluding hydrogens is 253 g/mol. The van der Waals surface area contributed by atoms with Crippen LogP contribution in [0.15, 0.2) is 12.3 Å². The lowest BCUT2D eigenvalue weighted by Gasteiger charge is -2.10. The van der Waals surface area contributed by atoms with E-state index in [2.05, 4.69) is 22.5 Å². The molecule has 0 spiro atoms. The van der Waals surface area contributed by atoms with Crippen LogP contribution >= 0.6 is 11.8 Å². The Morgan fingerprint density at radius 2 is 2.33 bits per heavy atom. The predicted molar refractivity (Wildman–Crippen MR) is 73.7 cm³/mol. The maximum atomic E-state index is 13.8. The summed E-state index contributed by atoms with van der Waals surface area (Å²) in [5.74, 6) is -0.935. The van der Waals surface area contributed by atoms with Crippen molar-refractivity contribution in [1.29, 1.82) is 0 Å². The van der Waals surface area contributed by atoms with Crippen LogP contribution in [0.4, 0.5) is 10.2 Å². The van der Waals surface area contributed by atoms with Gasteiger partial charge in [-0.05, 0) is 18.7 Å². The van der Waals surface area contributed by atoms with Crippen LogP contribution in [0, 0.1) is 5.82 Å². The van der Waals surface area contributed by atoms with Gasteiger partial charge < -0.3 is 10.6 Å². The van der Waals surface area contributed by atoms with Gasteiger partial charge in [0, 0.05) is 25.0 Å². The topological polar surface area (TPSA) is 54.0 Å². The summed E-state index contributed by atoms with van der Waals surface area (Å²) in [5, 5.41) is 5.79. The summed E-state index contributed by atoms with van der Waals surface area (Å²) in [5.41, 5.74) is 0.0196. The lowest BCUT2D eigenvalue weighted by atomic mass is 10.2. The van der Waals surface area contributed by atoms with Crippen LogP contribution in [-0.4, -0.2) is 36.0 Å². The van der Waals surface area contributed by atoms with Gasteiger partial charge in [-0.2, -0.15) is 11.8 Å². The number of nitrogens with one attached hydrogen (secondary N) is 2. The second-order valence-electron chi connectivity index (χ2n) is 3.86. The number of halogens is 1. The molecule has 0 bridgehead atoms. The highest BCUT2D eigenvalue weighted by Gasteiger charge is 2.15. The van der Waals surface area contributed by atoms with Gasteiger partial charge in [-0.1, -0.05) is 6.92 Å². The van der Waals surface area contributed by atoms with Gasteiger partial charge >= 0.3 is 0 Å². The molecule has 0 fully saturated rings. The highest BCUT2D eigenvalue weighted by molar-refractivity contribution is 7.99. The first kappa shape index (κ1) is 14.8. The van der Waals surface area contributed by atoms with Crippen LogP contribution in [0.5, 0.6) is 0 Å². The summed E-state index contributed by atoms with van der Waals surface area (Å²) in [6, 6.07) is 1.38. The molecule has 0 aromatic carbocycles. The number of hydrogen-bond acceptors (Lipinski definition) is 4. The Morgan fingerprint density at radius 1 is 1.61 bits per heavy atom. The zero-order valence-electron chi connectivity index (χ0n) is 10.8. The molecule has 1 atom stereocenters. The van der Waals surface area contributed by atoms with Gasteiger partial charge in [0.25, 0.3) is 5.91 Å². The summed E-state index contributed by atoms with van der Waals surface area (Å²) in [6.45, 7) is 2.63. The second kappa shape index (κ2) is 7.20. The third-order valence-corrected chi connectivity index (χ3v) is 3.65. The molecule has 100 valence electrons. The largest absolute Gasteiger partial charge is 0.371 e. The highest BCUT2D eigenvalue weighted by atomic mass is 32.2. The van der Waals surface area contributed by atoms with E-state index in [9.17, 15) is 9.18 Å². The van der Waals surface area contributed by atoms with Crippen molar-refractivity contribution >= 4 is 23.5 Å².